The maximum atomic E-state index is 11.9. The number of piperazine rings is 1. The van der Waals surface area contributed by atoms with Crippen LogP contribution in [0.2, 0.25) is 0 Å². The summed E-state index contributed by atoms with van der Waals surface area (Å²) in [7, 11) is 0. The zero-order valence-corrected chi connectivity index (χ0v) is 12.9. The van der Waals surface area contributed by atoms with Crippen LogP contribution in [0.4, 0.5) is 0 Å². The molecular weight excluding hydrogens is 322 g/mol. The van der Waals surface area contributed by atoms with Gasteiger partial charge >= 0.3 is 0 Å². The van der Waals surface area contributed by atoms with Crippen LogP contribution >= 0.6 is 15.9 Å². The number of rotatable bonds is 5. The number of halogens is 1. The first-order valence-electron chi connectivity index (χ1n) is 6.86. The van der Waals surface area contributed by atoms with Gasteiger partial charge < -0.3 is 20.6 Å². The SMILES string of the molecule is O=C(NCCCN1CCNCC1)c1ccc(Br)cc1O. The number of aromatic hydroxyl groups is 1. The van der Waals surface area contributed by atoms with Gasteiger partial charge in [-0.25, -0.2) is 0 Å². The Bertz CT molecular complexity index is 462. The Kier molecular flexibility index (Phi) is 5.82. The lowest BCUT2D eigenvalue weighted by atomic mass is 10.2. The summed E-state index contributed by atoms with van der Waals surface area (Å²) in [6, 6.07) is 4.88. The molecule has 1 amide bonds. The molecule has 2 rings (SSSR count). The van der Waals surface area contributed by atoms with Crippen molar-refractivity contribution in [2.24, 2.45) is 0 Å². The van der Waals surface area contributed by atoms with Crippen molar-refractivity contribution >= 4 is 21.8 Å². The standard InChI is InChI=1S/C14H20BrN3O2/c15-11-2-3-12(13(19)10-11)14(20)17-4-1-7-18-8-5-16-6-9-18/h2-3,10,16,19H,1,4-9H2,(H,17,20). The highest BCUT2D eigenvalue weighted by molar-refractivity contribution is 9.10. The predicted octanol–water partition coefficient (Wildman–Crippen LogP) is 1.18. The largest absolute Gasteiger partial charge is 0.507 e. The minimum atomic E-state index is -0.227. The van der Waals surface area contributed by atoms with Gasteiger partial charge in [0.1, 0.15) is 5.75 Å². The number of nitrogens with zero attached hydrogens (tertiary/aromatic N) is 1. The molecule has 0 unspecified atom stereocenters. The fourth-order valence-electron chi connectivity index (χ4n) is 2.23. The molecule has 20 heavy (non-hydrogen) atoms. The molecule has 1 aromatic rings. The summed E-state index contributed by atoms with van der Waals surface area (Å²) in [5.41, 5.74) is 0.315. The lowest BCUT2D eigenvalue weighted by molar-refractivity contribution is 0.0948. The van der Waals surface area contributed by atoms with E-state index in [1.165, 1.54) is 6.07 Å². The molecule has 0 radical (unpaired) electrons. The van der Waals surface area contributed by atoms with Crippen LogP contribution in [0, 0.1) is 0 Å². The highest BCUT2D eigenvalue weighted by Crippen LogP contribution is 2.21. The third kappa shape index (κ3) is 4.47. The van der Waals surface area contributed by atoms with Gasteiger partial charge in [-0.1, -0.05) is 15.9 Å². The average Bonchev–Trinajstić information content (AvgIpc) is 2.44. The van der Waals surface area contributed by atoms with Crippen molar-refractivity contribution in [2.45, 2.75) is 6.42 Å². The molecule has 0 aliphatic carbocycles. The second kappa shape index (κ2) is 7.61. The van der Waals surface area contributed by atoms with Gasteiger partial charge in [0.05, 0.1) is 5.56 Å². The summed E-state index contributed by atoms with van der Waals surface area (Å²) >= 11 is 3.25. The van der Waals surface area contributed by atoms with Crippen LogP contribution in [0.3, 0.4) is 0 Å². The number of hydrogen-bond donors (Lipinski definition) is 3. The average molecular weight is 342 g/mol. The smallest absolute Gasteiger partial charge is 0.255 e. The van der Waals surface area contributed by atoms with Gasteiger partial charge in [0.25, 0.3) is 5.91 Å². The number of benzene rings is 1. The number of phenolic OH excluding ortho intramolecular Hbond substituents is 1. The van der Waals surface area contributed by atoms with E-state index in [4.69, 9.17) is 0 Å². The number of nitrogens with one attached hydrogen (secondary N) is 2. The van der Waals surface area contributed by atoms with Gasteiger partial charge in [-0.3, -0.25) is 4.79 Å². The van der Waals surface area contributed by atoms with E-state index in [9.17, 15) is 9.90 Å². The zero-order chi connectivity index (χ0) is 14.4. The molecule has 1 aliphatic heterocycles. The Hall–Kier alpha value is -1.11. The summed E-state index contributed by atoms with van der Waals surface area (Å²) in [4.78, 5) is 14.3. The third-order valence-corrected chi connectivity index (χ3v) is 3.84. The molecule has 110 valence electrons. The van der Waals surface area contributed by atoms with Crippen molar-refractivity contribution in [3.8, 4) is 5.75 Å². The number of carbonyl (C=O) groups is 1. The second-order valence-electron chi connectivity index (χ2n) is 4.86. The Morgan fingerprint density at radius 1 is 1.40 bits per heavy atom. The van der Waals surface area contributed by atoms with Gasteiger partial charge in [0.2, 0.25) is 0 Å². The lowest BCUT2D eigenvalue weighted by Gasteiger charge is -2.27. The van der Waals surface area contributed by atoms with Crippen LogP contribution in [-0.4, -0.2) is 55.2 Å². The molecular formula is C14H20BrN3O2. The highest BCUT2D eigenvalue weighted by Gasteiger charge is 2.12. The van der Waals surface area contributed by atoms with Gasteiger partial charge in [-0.15, -0.1) is 0 Å². The molecule has 6 heteroatoms. The molecule has 1 heterocycles. The van der Waals surface area contributed by atoms with Crippen LogP contribution in [0.15, 0.2) is 22.7 Å². The topological polar surface area (TPSA) is 64.6 Å². The Labute approximate surface area is 127 Å². The summed E-state index contributed by atoms with van der Waals surface area (Å²) in [5.74, 6) is -0.228. The molecule has 0 aromatic heterocycles. The molecule has 0 saturated carbocycles. The van der Waals surface area contributed by atoms with E-state index in [0.29, 0.717) is 12.1 Å². The van der Waals surface area contributed by atoms with Crippen molar-refractivity contribution in [1.82, 2.24) is 15.5 Å². The molecule has 1 saturated heterocycles. The quantitative estimate of drug-likeness (QED) is 0.703. The van der Waals surface area contributed by atoms with Gasteiger partial charge in [-0.2, -0.15) is 0 Å². The lowest BCUT2D eigenvalue weighted by Crippen LogP contribution is -2.44. The maximum Gasteiger partial charge on any atom is 0.255 e. The zero-order valence-electron chi connectivity index (χ0n) is 11.4. The van der Waals surface area contributed by atoms with Crippen LogP contribution < -0.4 is 10.6 Å². The molecule has 1 aromatic carbocycles. The van der Waals surface area contributed by atoms with Gasteiger partial charge in [0.15, 0.2) is 0 Å². The van der Waals surface area contributed by atoms with E-state index in [2.05, 4.69) is 31.5 Å². The first-order valence-corrected chi connectivity index (χ1v) is 7.66. The predicted molar refractivity (Wildman–Crippen MR) is 82.1 cm³/mol. The number of hydrogen-bond acceptors (Lipinski definition) is 4. The molecule has 1 aliphatic rings. The van der Waals surface area contributed by atoms with Crippen molar-refractivity contribution in [3.63, 3.8) is 0 Å². The number of carbonyl (C=O) groups excluding carboxylic acids is 1. The minimum absolute atomic E-state index is 0.000945. The summed E-state index contributed by atoms with van der Waals surface area (Å²) in [5, 5.41) is 15.9. The van der Waals surface area contributed by atoms with Gasteiger partial charge in [0, 0.05) is 37.2 Å². The first kappa shape index (κ1) is 15.3. The molecule has 0 spiro atoms. The van der Waals surface area contributed by atoms with Crippen LogP contribution in [-0.2, 0) is 0 Å². The molecule has 3 N–H and O–H groups in total. The fraction of sp³-hybridized carbons (Fsp3) is 0.500. The molecule has 0 atom stereocenters. The van der Waals surface area contributed by atoms with E-state index in [-0.39, 0.29) is 11.7 Å². The van der Waals surface area contributed by atoms with Crippen molar-refractivity contribution in [1.29, 1.82) is 0 Å². The van der Waals surface area contributed by atoms with Crippen LogP contribution in [0.1, 0.15) is 16.8 Å². The number of phenols is 1. The van der Waals surface area contributed by atoms with Crippen molar-refractivity contribution < 1.29 is 9.90 Å². The normalized spacial score (nSPS) is 16.1. The minimum Gasteiger partial charge on any atom is -0.507 e. The summed E-state index contributed by atoms with van der Waals surface area (Å²) in [6.45, 7) is 5.84. The summed E-state index contributed by atoms with van der Waals surface area (Å²) < 4.78 is 0.755. The summed E-state index contributed by atoms with van der Waals surface area (Å²) in [6.07, 6.45) is 0.920. The third-order valence-electron chi connectivity index (χ3n) is 3.35. The van der Waals surface area contributed by atoms with E-state index in [1.807, 2.05) is 0 Å². The van der Waals surface area contributed by atoms with Crippen LogP contribution in [0.5, 0.6) is 5.75 Å². The van der Waals surface area contributed by atoms with Crippen LogP contribution in [0.25, 0.3) is 0 Å². The Morgan fingerprint density at radius 3 is 2.85 bits per heavy atom. The van der Waals surface area contributed by atoms with E-state index >= 15 is 0 Å². The molecule has 0 bridgehead atoms. The molecule has 1 fully saturated rings. The fourth-order valence-corrected chi connectivity index (χ4v) is 2.58. The Morgan fingerprint density at radius 2 is 2.15 bits per heavy atom. The highest BCUT2D eigenvalue weighted by atomic mass is 79.9. The van der Waals surface area contributed by atoms with Crippen molar-refractivity contribution in [2.75, 3.05) is 39.3 Å². The van der Waals surface area contributed by atoms with E-state index in [1.54, 1.807) is 12.1 Å². The van der Waals surface area contributed by atoms with E-state index < -0.39 is 0 Å². The Balaban J connectivity index is 1.72. The second-order valence-corrected chi connectivity index (χ2v) is 5.78. The van der Waals surface area contributed by atoms with Crippen molar-refractivity contribution in [3.05, 3.63) is 28.2 Å². The maximum absolute atomic E-state index is 11.9. The first-order chi connectivity index (χ1) is 9.66. The molecule has 5 nitrogen and oxygen atoms in total. The monoisotopic (exact) mass is 341 g/mol. The van der Waals surface area contributed by atoms with Gasteiger partial charge in [-0.05, 0) is 31.2 Å². The van der Waals surface area contributed by atoms with E-state index in [0.717, 1.165) is 43.6 Å². The number of amides is 1.